The van der Waals surface area contributed by atoms with Gasteiger partial charge in [-0.25, -0.2) is 15.0 Å². The zero-order valence-electron chi connectivity index (χ0n) is 30.0. The predicted octanol–water partition coefficient (Wildman–Crippen LogP) is 13.3. The molecule has 56 heavy (non-hydrogen) atoms. The monoisotopic (exact) mass is 714 g/mol. The molecule has 0 amide bonds. The summed E-state index contributed by atoms with van der Waals surface area (Å²) in [6.45, 7) is 0. The van der Waals surface area contributed by atoms with Crippen molar-refractivity contribution >= 4 is 76.1 Å². The quantitative estimate of drug-likeness (QED) is 0.182. The normalized spacial score (nSPS) is 11.9. The maximum atomic E-state index is 6.75. The van der Waals surface area contributed by atoms with Crippen molar-refractivity contribution in [3.63, 3.8) is 0 Å². The molecule has 0 aliphatic rings. The first-order valence-corrected chi connectivity index (χ1v) is 18.8. The van der Waals surface area contributed by atoms with Gasteiger partial charge in [0, 0.05) is 60.8 Å². The molecule has 9 aromatic carbocycles. The summed E-state index contributed by atoms with van der Waals surface area (Å²) in [6, 6.07) is 64.0. The van der Waals surface area contributed by atoms with Crippen molar-refractivity contribution in [2.24, 2.45) is 0 Å². The van der Waals surface area contributed by atoms with E-state index < -0.39 is 0 Å². The summed E-state index contributed by atoms with van der Waals surface area (Å²) in [5.74, 6) is 1.84. The van der Waals surface area contributed by atoms with Gasteiger partial charge in [-0.1, -0.05) is 146 Å². The van der Waals surface area contributed by atoms with Gasteiger partial charge >= 0.3 is 0 Å². The Hall–Kier alpha value is -7.63. The highest BCUT2D eigenvalue weighted by Gasteiger charge is 2.19. The summed E-state index contributed by atoms with van der Waals surface area (Å²) in [6.07, 6.45) is 0. The molecule has 5 nitrogen and oxygen atoms in total. The third-order valence-corrected chi connectivity index (χ3v) is 11.2. The largest absolute Gasteiger partial charge is 0.456 e. The van der Waals surface area contributed by atoms with Gasteiger partial charge in [0.2, 0.25) is 0 Å². The second kappa shape index (κ2) is 11.9. The van der Waals surface area contributed by atoms with Crippen molar-refractivity contribution in [1.82, 2.24) is 19.5 Å². The van der Waals surface area contributed by atoms with Crippen LogP contribution in [0.1, 0.15) is 0 Å². The molecule has 0 aliphatic heterocycles. The van der Waals surface area contributed by atoms with Crippen LogP contribution in [0.15, 0.2) is 186 Å². The molecule has 0 fully saturated rings. The number of benzene rings is 9. The van der Waals surface area contributed by atoms with Crippen LogP contribution in [-0.4, -0.2) is 19.5 Å². The molecule has 12 aromatic rings. The van der Waals surface area contributed by atoms with Crippen molar-refractivity contribution in [2.45, 2.75) is 0 Å². The van der Waals surface area contributed by atoms with E-state index >= 15 is 0 Å². The SMILES string of the molecule is c1ccc(-c2nc(-c3ccc4ccccc4c3)nc(-c3ccc4c(c3)oc3cc(-n5c6c7ccccc7ccc6c6ccc7ccccc7c65)ccc34)n2)cc1. The lowest BCUT2D eigenvalue weighted by Gasteiger charge is -2.11. The van der Waals surface area contributed by atoms with E-state index in [-0.39, 0.29) is 0 Å². The summed E-state index contributed by atoms with van der Waals surface area (Å²) in [4.78, 5) is 15.0. The predicted molar refractivity (Wildman–Crippen MR) is 230 cm³/mol. The molecule has 3 aromatic heterocycles. The van der Waals surface area contributed by atoms with Gasteiger partial charge in [0.15, 0.2) is 17.5 Å². The molecule has 0 spiro atoms. The fraction of sp³-hybridized carbons (Fsp3) is 0. The minimum Gasteiger partial charge on any atom is -0.456 e. The van der Waals surface area contributed by atoms with E-state index in [4.69, 9.17) is 19.4 Å². The number of fused-ring (bicyclic) bond motifs is 11. The molecule has 0 saturated heterocycles. The van der Waals surface area contributed by atoms with E-state index in [0.717, 1.165) is 49.7 Å². The minimum absolute atomic E-state index is 0.592. The van der Waals surface area contributed by atoms with E-state index in [1.807, 2.05) is 30.3 Å². The van der Waals surface area contributed by atoms with Crippen LogP contribution in [0.25, 0.3) is 116 Å². The molecule has 0 bridgehead atoms. The molecule has 0 radical (unpaired) electrons. The highest BCUT2D eigenvalue weighted by atomic mass is 16.3. The molecule has 0 atom stereocenters. The number of hydrogen-bond acceptors (Lipinski definition) is 4. The van der Waals surface area contributed by atoms with Gasteiger partial charge in [0.05, 0.1) is 11.0 Å². The van der Waals surface area contributed by atoms with Crippen LogP contribution in [0.2, 0.25) is 0 Å². The summed E-state index contributed by atoms with van der Waals surface area (Å²) in [7, 11) is 0. The fourth-order valence-electron chi connectivity index (χ4n) is 8.52. The number of furan rings is 1. The van der Waals surface area contributed by atoms with Crippen LogP contribution in [0.4, 0.5) is 0 Å². The maximum Gasteiger partial charge on any atom is 0.164 e. The number of nitrogens with zero attached hydrogens (tertiary/aromatic N) is 4. The van der Waals surface area contributed by atoms with Crippen molar-refractivity contribution in [3.8, 4) is 39.9 Å². The Morgan fingerprint density at radius 1 is 0.321 bits per heavy atom. The topological polar surface area (TPSA) is 56.7 Å². The Kier molecular flexibility index (Phi) is 6.56. The Morgan fingerprint density at radius 2 is 0.804 bits per heavy atom. The fourth-order valence-corrected chi connectivity index (χ4v) is 8.52. The number of hydrogen-bond donors (Lipinski definition) is 0. The van der Waals surface area contributed by atoms with Crippen molar-refractivity contribution < 1.29 is 4.42 Å². The Labute approximate surface area is 320 Å². The molecule has 12 rings (SSSR count). The molecule has 5 heteroatoms. The first kappa shape index (κ1) is 30.8. The van der Waals surface area contributed by atoms with Crippen molar-refractivity contribution in [2.75, 3.05) is 0 Å². The molecule has 0 aliphatic carbocycles. The third kappa shape index (κ3) is 4.71. The second-order valence-electron chi connectivity index (χ2n) is 14.4. The van der Waals surface area contributed by atoms with Crippen LogP contribution in [-0.2, 0) is 0 Å². The third-order valence-electron chi connectivity index (χ3n) is 11.2. The van der Waals surface area contributed by atoms with Crippen molar-refractivity contribution in [1.29, 1.82) is 0 Å². The standard InChI is InChI=1S/C51H30N4O/c1-2-13-34(14-3-1)49-52-50(36-19-18-31-10-4-5-15-35(31)28-36)54-51(53-49)37-22-24-41-42-27-23-38(30-46(42)56-45(41)29-37)55-47-39-16-8-6-11-32(39)20-25-43(47)44-26-21-33-12-7-9-17-40(33)48(44)55/h1-30H. The lowest BCUT2D eigenvalue weighted by atomic mass is 10.0. The Balaban J connectivity index is 1.04. The molecule has 0 saturated carbocycles. The van der Waals surface area contributed by atoms with E-state index in [1.54, 1.807) is 0 Å². The number of rotatable bonds is 4. The molecule has 3 heterocycles. The maximum absolute atomic E-state index is 6.75. The highest BCUT2D eigenvalue weighted by molar-refractivity contribution is 6.24. The molecular formula is C51H30N4O. The summed E-state index contributed by atoms with van der Waals surface area (Å²) in [5, 5.41) is 11.7. The first-order chi connectivity index (χ1) is 27.7. The molecule has 0 N–H and O–H groups in total. The van der Waals surface area contributed by atoms with Gasteiger partial charge in [0.25, 0.3) is 0 Å². The lowest BCUT2D eigenvalue weighted by Crippen LogP contribution is -2.00. The van der Waals surface area contributed by atoms with Gasteiger partial charge in [-0.3, -0.25) is 0 Å². The Bertz CT molecular complexity index is 3450. The van der Waals surface area contributed by atoms with Crippen LogP contribution in [0.3, 0.4) is 0 Å². The summed E-state index contributed by atoms with van der Waals surface area (Å²) >= 11 is 0. The zero-order chi connectivity index (χ0) is 36.7. The number of aromatic nitrogens is 4. The van der Waals surface area contributed by atoms with Gasteiger partial charge in [0.1, 0.15) is 11.2 Å². The highest BCUT2D eigenvalue weighted by Crippen LogP contribution is 2.41. The molecule has 260 valence electrons. The van der Waals surface area contributed by atoms with Crippen LogP contribution in [0, 0.1) is 0 Å². The van der Waals surface area contributed by atoms with Crippen LogP contribution in [0.5, 0.6) is 0 Å². The zero-order valence-corrected chi connectivity index (χ0v) is 30.0. The van der Waals surface area contributed by atoms with Gasteiger partial charge in [-0.05, 0) is 51.9 Å². The lowest BCUT2D eigenvalue weighted by molar-refractivity contribution is 0.668. The molecule has 0 unspecified atom stereocenters. The van der Waals surface area contributed by atoms with E-state index in [2.05, 4.69) is 156 Å². The van der Waals surface area contributed by atoms with Gasteiger partial charge < -0.3 is 8.98 Å². The first-order valence-electron chi connectivity index (χ1n) is 18.8. The van der Waals surface area contributed by atoms with Crippen LogP contribution < -0.4 is 0 Å². The van der Waals surface area contributed by atoms with Gasteiger partial charge in [-0.15, -0.1) is 0 Å². The van der Waals surface area contributed by atoms with E-state index in [9.17, 15) is 0 Å². The Morgan fingerprint density at radius 3 is 1.48 bits per heavy atom. The van der Waals surface area contributed by atoms with Crippen molar-refractivity contribution in [3.05, 3.63) is 182 Å². The van der Waals surface area contributed by atoms with E-state index in [0.29, 0.717) is 17.5 Å². The average Bonchev–Trinajstić information content (AvgIpc) is 3.82. The molecular weight excluding hydrogens is 685 g/mol. The van der Waals surface area contributed by atoms with Gasteiger partial charge in [-0.2, -0.15) is 0 Å². The van der Waals surface area contributed by atoms with E-state index in [1.165, 1.54) is 48.7 Å². The minimum atomic E-state index is 0.592. The van der Waals surface area contributed by atoms with Crippen LogP contribution >= 0.6 is 0 Å². The summed E-state index contributed by atoms with van der Waals surface area (Å²) in [5.41, 5.74) is 7.77. The summed E-state index contributed by atoms with van der Waals surface area (Å²) < 4.78 is 9.17. The smallest absolute Gasteiger partial charge is 0.164 e. The average molecular weight is 715 g/mol. The second-order valence-corrected chi connectivity index (χ2v) is 14.4.